The van der Waals surface area contributed by atoms with Crippen LogP contribution in [-0.4, -0.2) is 31.7 Å². The van der Waals surface area contributed by atoms with Crippen molar-refractivity contribution >= 4 is 8.32 Å². The van der Waals surface area contributed by atoms with Crippen LogP contribution in [0.25, 0.3) is 10.4 Å². The normalized spacial score (nSPS) is 35.1. The summed E-state index contributed by atoms with van der Waals surface area (Å²) in [4.78, 5) is 3.18. The van der Waals surface area contributed by atoms with Crippen molar-refractivity contribution in [3.05, 3.63) is 27.4 Å². The highest BCUT2D eigenvalue weighted by atomic mass is 28.4. The smallest absolute Gasteiger partial charge is 0.282 e. The maximum absolute atomic E-state index is 14.0. The first-order valence-electron chi connectivity index (χ1n) is 14.5. The van der Waals surface area contributed by atoms with E-state index in [9.17, 15) is 14.3 Å². The molecule has 1 aromatic rings. The number of rotatable bonds is 7. The van der Waals surface area contributed by atoms with Crippen molar-refractivity contribution in [1.29, 1.82) is 0 Å². The molecule has 2 fully saturated rings. The largest absolute Gasteiger partial charge is 0.417 e. The van der Waals surface area contributed by atoms with Gasteiger partial charge in [0.05, 0.1) is 0 Å². The summed E-state index contributed by atoms with van der Waals surface area (Å²) in [5.41, 5.74) is 10.9. The Labute approximate surface area is 228 Å². The number of nitrogens with zero attached hydrogens (tertiary/aromatic N) is 4. The number of hydrogen-bond donors (Lipinski definition) is 1. The Morgan fingerprint density at radius 1 is 1.16 bits per heavy atom. The topological polar surface area (TPSA) is 86.7 Å². The number of azide groups is 1. The van der Waals surface area contributed by atoms with Crippen LogP contribution in [0.3, 0.4) is 0 Å². The molecule has 0 aromatic carbocycles. The first-order chi connectivity index (χ1) is 17.5. The molecule has 0 bridgehead atoms. The molecule has 38 heavy (non-hydrogen) atoms. The Kier molecular flexibility index (Phi) is 7.68. The lowest BCUT2D eigenvalue weighted by molar-refractivity contribution is -0.0836. The van der Waals surface area contributed by atoms with Crippen LogP contribution in [0.1, 0.15) is 97.5 Å². The lowest BCUT2D eigenvalue weighted by Crippen LogP contribution is -2.54. The van der Waals surface area contributed by atoms with Gasteiger partial charge in [-0.1, -0.05) is 53.6 Å². The molecule has 0 amide bonds. The summed E-state index contributed by atoms with van der Waals surface area (Å²) >= 11 is 0. The third kappa shape index (κ3) is 4.75. The van der Waals surface area contributed by atoms with Gasteiger partial charge in [0, 0.05) is 29.3 Å². The van der Waals surface area contributed by atoms with Crippen LogP contribution in [0.15, 0.2) is 5.11 Å². The molecule has 214 valence electrons. The fourth-order valence-electron chi connectivity index (χ4n) is 8.16. The lowest BCUT2D eigenvalue weighted by atomic mass is 9.47. The monoisotopic (exact) mass is 549 g/mol. The van der Waals surface area contributed by atoms with Gasteiger partial charge < -0.3 is 4.43 Å². The fourth-order valence-corrected chi connectivity index (χ4v) is 9.21. The SMILES string of the molecule is CC1(C)CC[C@H]2[C@H](CN=[N+]=[N-])[C@@H]([C@@]3(C)Cc4c(C(F)F)n[nH]c4C[C@@H]3CO[Si](C)(C)C(C)(C)C)CC[C@@]21C. The van der Waals surface area contributed by atoms with Gasteiger partial charge >= 0.3 is 0 Å². The fraction of sp³-hybridized carbons (Fsp3) is 0.897. The number of nitrogens with one attached hydrogen (secondary N) is 1. The van der Waals surface area contributed by atoms with Gasteiger partial charge in [-0.25, -0.2) is 8.78 Å². The first-order valence-corrected chi connectivity index (χ1v) is 17.4. The Morgan fingerprint density at radius 3 is 2.42 bits per heavy atom. The van der Waals surface area contributed by atoms with Gasteiger partial charge in [0.25, 0.3) is 6.43 Å². The third-order valence-electron chi connectivity index (χ3n) is 12.2. The average molecular weight is 550 g/mol. The molecule has 0 aliphatic heterocycles. The molecule has 6 nitrogen and oxygen atoms in total. The molecule has 0 spiro atoms. The van der Waals surface area contributed by atoms with Crippen LogP contribution >= 0.6 is 0 Å². The van der Waals surface area contributed by atoms with E-state index >= 15 is 0 Å². The summed E-state index contributed by atoms with van der Waals surface area (Å²) in [6, 6.07) is 0. The predicted octanol–water partition coefficient (Wildman–Crippen LogP) is 8.87. The third-order valence-corrected chi connectivity index (χ3v) is 16.7. The highest BCUT2D eigenvalue weighted by Gasteiger charge is 2.61. The van der Waals surface area contributed by atoms with E-state index in [1.165, 1.54) is 6.42 Å². The zero-order chi connectivity index (χ0) is 28.3. The molecule has 2 saturated carbocycles. The Bertz CT molecular complexity index is 1080. The zero-order valence-corrected chi connectivity index (χ0v) is 26.0. The van der Waals surface area contributed by atoms with Crippen LogP contribution < -0.4 is 0 Å². The highest BCUT2D eigenvalue weighted by molar-refractivity contribution is 6.74. The number of alkyl halides is 2. The number of H-pyrrole nitrogens is 1. The van der Waals surface area contributed by atoms with Crippen molar-refractivity contribution in [3.8, 4) is 0 Å². The van der Waals surface area contributed by atoms with Crippen LogP contribution in [0.5, 0.6) is 0 Å². The van der Waals surface area contributed by atoms with E-state index < -0.39 is 14.7 Å². The summed E-state index contributed by atoms with van der Waals surface area (Å²) in [6.45, 7) is 21.9. The minimum Gasteiger partial charge on any atom is -0.417 e. The van der Waals surface area contributed by atoms with Crippen molar-refractivity contribution in [3.63, 3.8) is 0 Å². The van der Waals surface area contributed by atoms with Gasteiger partial charge in [-0.3, -0.25) is 5.10 Å². The molecule has 1 aromatic heterocycles. The van der Waals surface area contributed by atoms with Crippen LogP contribution in [0.4, 0.5) is 8.78 Å². The molecule has 0 radical (unpaired) electrons. The molecule has 3 aliphatic rings. The summed E-state index contributed by atoms with van der Waals surface area (Å²) < 4.78 is 34.8. The summed E-state index contributed by atoms with van der Waals surface area (Å²) in [6.07, 6.45) is 3.07. The number of fused-ring (bicyclic) bond motifs is 2. The number of aromatic amines is 1. The second-order valence-corrected chi connectivity index (χ2v) is 20.0. The minimum atomic E-state index is -2.59. The van der Waals surface area contributed by atoms with E-state index in [0.717, 1.165) is 25.0 Å². The Hall–Kier alpha value is -1.44. The Morgan fingerprint density at radius 2 is 1.82 bits per heavy atom. The van der Waals surface area contributed by atoms with Crippen molar-refractivity contribution in [2.75, 3.05) is 13.2 Å². The molecule has 9 heteroatoms. The maximum atomic E-state index is 14.0. The number of halogens is 2. The molecule has 1 N–H and O–H groups in total. The molecule has 1 heterocycles. The predicted molar refractivity (Wildman–Crippen MR) is 151 cm³/mol. The molecular formula is C29H49F2N5OSi. The minimum absolute atomic E-state index is 0.0895. The van der Waals surface area contributed by atoms with Crippen molar-refractivity contribution in [2.24, 2.45) is 45.0 Å². The van der Waals surface area contributed by atoms with Crippen molar-refractivity contribution < 1.29 is 13.2 Å². The van der Waals surface area contributed by atoms with Crippen molar-refractivity contribution in [2.45, 2.75) is 112 Å². The second-order valence-electron chi connectivity index (χ2n) is 15.2. The van der Waals surface area contributed by atoms with Gasteiger partial charge in [0.1, 0.15) is 5.69 Å². The van der Waals surface area contributed by atoms with Crippen LogP contribution in [-0.2, 0) is 17.3 Å². The van der Waals surface area contributed by atoms with Gasteiger partial charge in [0.15, 0.2) is 8.32 Å². The Balaban J connectivity index is 1.76. The van der Waals surface area contributed by atoms with Gasteiger partial charge in [-0.15, -0.1) is 0 Å². The maximum Gasteiger partial charge on any atom is 0.282 e. The van der Waals surface area contributed by atoms with E-state index in [4.69, 9.17) is 4.43 Å². The van der Waals surface area contributed by atoms with Crippen LogP contribution in [0.2, 0.25) is 18.1 Å². The number of aromatic nitrogens is 2. The van der Waals surface area contributed by atoms with E-state index in [1.807, 2.05) is 0 Å². The van der Waals surface area contributed by atoms with Crippen molar-refractivity contribution in [1.82, 2.24) is 10.2 Å². The molecule has 0 saturated heterocycles. The summed E-state index contributed by atoms with van der Waals surface area (Å²) in [5, 5.41) is 11.3. The molecular weight excluding hydrogens is 500 g/mol. The van der Waals surface area contributed by atoms with Gasteiger partial charge in [0.2, 0.25) is 0 Å². The van der Waals surface area contributed by atoms with Crippen LogP contribution in [0, 0.1) is 39.9 Å². The second kappa shape index (κ2) is 9.88. The van der Waals surface area contributed by atoms with Gasteiger partial charge in [-0.2, -0.15) is 5.10 Å². The zero-order valence-electron chi connectivity index (χ0n) is 25.0. The van der Waals surface area contributed by atoms with E-state index in [1.54, 1.807) is 0 Å². The summed E-state index contributed by atoms with van der Waals surface area (Å²) in [5.74, 6) is 1.13. The highest BCUT2D eigenvalue weighted by Crippen LogP contribution is 2.67. The molecule has 6 atom stereocenters. The lowest BCUT2D eigenvalue weighted by Gasteiger charge is -2.58. The van der Waals surface area contributed by atoms with Gasteiger partial charge in [-0.05, 0) is 102 Å². The standard InChI is InChI=1S/C29H49F2N5OSi/c1-26(2,3)38(8,9)37-17-18-14-23-19(24(25(30)31)35-34-23)15-28(18,6)21-11-13-29(7)22(10-12-27(29,4)5)20(21)16-33-36-32/h18,20-22,25H,10-17H2,1-9H3,(H,34,35)/t18-,20-,21+,22+,28+,29+/m1/s1. The molecule has 3 aliphatic carbocycles. The summed E-state index contributed by atoms with van der Waals surface area (Å²) in [7, 11) is -2.01. The van der Waals surface area contributed by atoms with E-state index in [0.29, 0.717) is 37.5 Å². The quantitative estimate of drug-likeness (QED) is 0.159. The molecule has 4 rings (SSSR count). The first kappa shape index (κ1) is 29.5. The number of hydrogen-bond acceptors (Lipinski definition) is 3. The van der Waals surface area contributed by atoms with E-state index in [-0.39, 0.29) is 44.7 Å². The average Bonchev–Trinajstić information content (AvgIpc) is 3.32. The molecule has 0 unspecified atom stereocenters. The van der Waals surface area contributed by atoms with E-state index in [2.05, 4.69) is 81.8 Å².